The van der Waals surface area contributed by atoms with Crippen LogP contribution in [-0.2, 0) is 0 Å². The van der Waals surface area contributed by atoms with Gasteiger partial charge in [0.15, 0.2) is 0 Å². The second kappa shape index (κ2) is 12.3. The van der Waals surface area contributed by atoms with Gasteiger partial charge in [0, 0.05) is 32.4 Å². The first kappa shape index (κ1) is 16.8. The van der Waals surface area contributed by atoms with E-state index >= 15 is 0 Å². The Balaban J connectivity index is 3.29. The maximum absolute atomic E-state index is 2.47. The zero-order chi connectivity index (χ0) is 12.9. The van der Waals surface area contributed by atoms with Gasteiger partial charge in [-0.2, -0.15) is 0 Å². The molecule has 0 bridgehead atoms. The van der Waals surface area contributed by atoms with Crippen LogP contribution in [-0.4, -0.2) is 72.4 Å². The van der Waals surface area contributed by atoms with Crippen LogP contribution in [0.25, 0.3) is 0 Å². The minimum absolute atomic E-state index is 1.24. The molecule has 0 fully saturated rings. The van der Waals surface area contributed by atoms with Crippen molar-refractivity contribution >= 4 is 0 Å². The predicted molar refractivity (Wildman–Crippen MR) is 73.4 cm³/mol. The normalized spacial score (nSPS) is 13.2. The molecule has 0 radical (unpaired) electrons. The van der Waals surface area contributed by atoms with Crippen molar-refractivity contribution in [2.24, 2.45) is 0 Å². The molecule has 0 aromatic heterocycles. The average molecular weight is 247 g/mol. The Morgan fingerprint density at radius 3 is 2.06 bits per heavy atom. The van der Waals surface area contributed by atoms with E-state index in [1.54, 1.807) is 4.90 Å². The molecule has 0 amide bonds. The summed E-state index contributed by atoms with van der Waals surface area (Å²) in [7, 11) is 8.86. The van der Waals surface area contributed by atoms with Crippen LogP contribution in [0.4, 0.5) is 0 Å². The molecule has 0 aromatic rings. The number of nitrogens with two attached hydrogens (primary N) is 2. The Kier molecular flexibility index (Phi) is 12.2. The monoisotopic (exact) mass is 247 g/mol. The fraction of sp³-hybridized carbons (Fsp3) is 1.00. The van der Waals surface area contributed by atoms with E-state index in [1.807, 2.05) is 0 Å². The van der Waals surface area contributed by atoms with E-state index in [9.17, 15) is 0 Å². The number of hydrogen-bond donors (Lipinski definition) is 3. The lowest BCUT2D eigenvalue weighted by atomic mass is 10.3. The van der Waals surface area contributed by atoms with E-state index in [4.69, 9.17) is 0 Å². The van der Waals surface area contributed by atoms with Crippen LogP contribution < -0.4 is 15.5 Å². The number of nitrogens with zero attached hydrogens (tertiary/aromatic N) is 1. The molecule has 4 nitrogen and oxygen atoms in total. The number of hydrogen-bond acceptors (Lipinski definition) is 1. The minimum atomic E-state index is 1.24. The van der Waals surface area contributed by atoms with Gasteiger partial charge in [0.1, 0.15) is 0 Å². The second-order valence-electron chi connectivity index (χ2n) is 5.21. The zero-order valence-corrected chi connectivity index (χ0v) is 12.5. The maximum atomic E-state index is 2.47. The molecule has 5 N–H and O–H groups in total. The van der Waals surface area contributed by atoms with Gasteiger partial charge in [-0.25, -0.2) is 0 Å². The lowest BCUT2D eigenvalue weighted by Gasteiger charge is -2.18. The van der Waals surface area contributed by atoms with Crippen molar-refractivity contribution in [2.75, 3.05) is 67.5 Å². The Bertz CT molecular complexity index is 136. The average Bonchev–Trinajstić information content (AvgIpc) is 2.30. The van der Waals surface area contributed by atoms with Crippen LogP contribution in [0.5, 0.6) is 0 Å². The van der Waals surface area contributed by atoms with Gasteiger partial charge >= 0.3 is 0 Å². The van der Waals surface area contributed by atoms with Crippen LogP contribution >= 0.6 is 0 Å². The third kappa shape index (κ3) is 12.1. The summed E-state index contributed by atoms with van der Waals surface area (Å²) in [5, 5.41) is 4.53. The molecule has 0 rings (SSSR count). The smallest absolute Gasteiger partial charge is 0.0823 e. The van der Waals surface area contributed by atoms with E-state index in [0.29, 0.717) is 0 Å². The van der Waals surface area contributed by atoms with Gasteiger partial charge in [0.25, 0.3) is 0 Å². The van der Waals surface area contributed by atoms with E-state index in [2.05, 4.69) is 43.7 Å². The topological polar surface area (TPSA) is 40.9 Å². The van der Waals surface area contributed by atoms with E-state index in [1.165, 1.54) is 58.5 Å². The van der Waals surface area contributed by atoms with Crippen molar-refractivity contribution in [1.29, 1.82) is 0 Å². The van der Waals surface area contributed by atoms with E-state index < -0.39 is 0 Å². The highest BCUT2D eigenvalue weighted by Crippen LogP contribution is 1.87. The van der Waals surface area contributed by atoms with Crippen molar-refractivity contribution < 1.29 is 15.5 Å². The summed E-state index contributed by atoms with van der Waals surface area (Å²) in [5.74, 6) is 0. The molecule has 0 aliphatic rings. The third-order valence-corrected chi connectivity index (χ3v) is 3.27. The first-order valence-corrected chi connectivity index (χ1v) is 7.26. The second-order valence-corrected chi connectivity index (χ2v) is 5.21. The largest absolute Gasteiger partial charge is 0.349 e. The van der Waals surface area contributed by atoms with Gasteiger partial charge in [-0.05, 0) is 7.05 Å². The lowest BCUT2D eigenvalue weighted by Crippen LogP contribution is -3.09. The van der Waals surface area contributed by atoms with Gasteiger partial charge in [-0.3, -0.25) is 0 Å². The molecule has 0 heterocycles. The molecule has 0 aromatic carbocycles. The van der Waals surface area contributed by atoms with Crippen LogP contribution in [0.15, 0.2) is 0 Å². The molecule has 0 aliphatic heterocycles. The summed E-state index contributed by atoms with van der Waals surface area (Å²) in [4.78, 5) is 4.15. The highest BCUT2D eigenvalue weighted by atomic mass is 15.1. The molecule has 1 atom stereocenters. The van der Waals surface area contributed by atoms with Crippen LogP contribution in [0.3, 0.4) is 0 Å². The molecule has 0 saturated carbocycles. The van der Waals surface area contributed by atoms with Gasteiger partial charge in [-0.1, -0.05) is 0 Å². The van der Waals surface area contributed by atoms with Crippen molar-refractivity contribution in [3.63, 3.8) is 0 Å². The Morgan fingerprint density at radius 1 is 0.882 bits per heavy atom. The van der Waals surface area contributed by atoms with Gasteiger partial charge in [0.2, 0.25) is 0 Å². The van der Waals surface area contributed by atoms with Gasteiger partial charge < -0.3 is 20.4 Å². The Morgan fingerprint density at radius 2 is 1.41 bits per heavy atom. The Labute approximate surface area is 108 Å². The summed E-state index contributed by atoms with van der Waals surface area (Å²) >= 11 is 0. The third-order valence-electron chi connectivity index (χ3n) is 3.27. The first-order valence-electron chi connectivity index (χ1n) is 7.26. The summed E-state index contributed by atoms with van der Waals surface area (Å²) < 4.78 is 0. The molecule has 0 saturated heterocycles. The van der Waals surface area contributed by atoms with Crippen molar-refractivity contribution in [3.8, 4) is 0 Å². The quantitative estimate of drug-likeness (QED) is 0.316. The highest BCUT2D eigenvalue weighted by Gasteiger charge is 2.04. The van der Waals surface area contributed by atoms with Crippen LogP contribution in [0, 0.1) is 0 Å². The molecule has 0 spiro atoms. The van der Waals surface area contributed by atoms with Crippen molar-refractivity contribution in [2.45, 2.75) is 19.3 Å². The Hall–Kier alpha value is -0.160. The van der Waals surface area contributed by atoms with Crippen LogP contribution in [0.2, 0.25) is 0 Å². The molecule has 17 heavy (non-hydrogen) atoms. The number of rotatable bonds is 12. The van der Waals surface area contributed by atoms with Gasteiger partial charge in [0.05, 0.1) is 47.3 Å². The van der Waals surface area contributed by atoms with E-state index in [0.717, 1.165) is 0 Å². The molecule has 104 valence electrons. The molecule has 0 aliphatic carbocycles. The van der Waals surface area contributed by atoms with Crippen molar-refractivity contribution in [3.05, 3.63) is 0 Å². The first-order chi connectivity index (χ1) is 8.20. The predicted octanol–water partition coefficient (Wildman–Crippen LogP) is -3.01. The summed E-state index contributed by atoms with van der Waals surface area (Å²) in [6.45, 7) is 7.65. The SMILES string of the molecule is C[NH2+]CCCN(C)CCC[NH+](C)CCC[NH2+]C. The number of quaternary nitrogens is 3. The zero-order valence-electron chi connectivity index (χ0n) is 12.5. The highest BCUT2D eigenvalue weighted by molar-refractivity contribution is 4.50. The minimum Gasteiger partial charge on any atom is -0.349 e. The lowest BCUT2D eigenvalue weighted by molar-refractivity contribution is -0.881. The standard InChI is InChI=1S/C13H32N4/c1-14-8-5-10-16(3)12-7-13-17(4)11-6-9-15-2/h14-15H,5-13H2,1-4H3/p+3. The molecule has 4 heteroatoms. The molecular weight excluding hydrogens is 212 g/mol. The molecular formula is C13H35N4+3. The summed E-state index contributed by atoms with van der Waals surface area (Å²) in [5.41, 5.74) is 0. The summed E-state index contributed by atoms with van der Waals surface area (Å²) in [6, 6.07) is 0. The fourth-order valence-corrected chi connectivity index (χ4v) is 2.06. The summed E-state index contributed by atoms with van der Waals surface area (Å²) in [6.07, 6.45) is 3.97. The van der Waals surface area contributed by atoms with E-state index in [-0.39, 0.29) is 0 Å². The van der Waals surface area contributed by atoms with Crippen LogP contribution in [0.1, 0.15) is 19.3 Å². The number of nitrogens with one attached hydrogen (secondary N) is 1. The molecule has 1 unspecified atom stereocenters. The van der Waals surface area contributed by atoms with Crippen molar-refractivity contribution in [1.82, 2.24) is 4.90 Å². The maximum Gasteiger partial charge on any atom is 0.0823 e. The van der Waals surface area contributed by atoms with Gasteiger partial charge in [-0.15, -0.1) is 0 Å². The fourth-order valence-electron chi connectivity index (χ4n) is 2.06.